The Kier molecular flexibility index (Phi) is 4.79. The minimum Gasteiger partial charge on any atom is -0.381 e. The van der Waals surface area contributed by atoms with Crippen molar-refractivity contribution in [3.8, 4) is 0 Å². The van der Waals surface area contributed by atoms with Gasteiger partial charge in [0.05, 0.1) is 11.3 Å². The summed E-state index contributed by atoms with van der Waals surface area (Å²) >= 11 is 3.39. The molecule has 1 heterocycles. The summed E-state index contributed by atoms with van der Waals surface area (Å²) in [4.78, 5) is 38.6. The summed E-state index contributed by atoms with van der Waals surface area (Å²) in [6.07, 6.45) is 0. The van der Waals surface area contributed by atoms with E-state index >= 15 is 0 Å². The SMILES string of the molecule is O=C1C(=O)N(C(=O)c2ccccc2)c2ccc(CNc3ccc(Br)cc3)cc21. The first kappa shape index (κ1) is 18.1. The number of ketones is 1. The van der Waals surface area contributed by atoms with E-state index in [0.717, 1.165) is 20.6 Å². The van der Waals surface area contributed by atoms with Crippen LogP contribution in [0.3, 0.4) is 0 Å². The Morgan fingerprint density at radius 3 is 2.36 bits per heavy atom. The van der Waals surface area contributed by atoms with Gasteiger partial charge in [-0.3, -0.25) is 14.4 Å². The summed E-state index contributed by atoms with van der Waals surface area (Å²) in [5.74, 6) is -1.98. The van der Waals surface area contributed by atoms with Crippen molar-refractivity contribution in [3.05, 3.63) is 94.0 Å². The predicted molar refractivity (Wildman–Crippen MR) is 110 cm³/mol. The number of rotatable bonds is 4. The van der Waals surface area contributed by atoms with Gasteiger partial charge in [-0.15, -0.1) is 0 Å². The van der Waals surface area contributed by atoms with Crippen LogP contribution in [0.5, 0.6) is 0 Å². The van der Waals surface area contributed by atoms with Crippen molar-refractivity contribution in [1.29, 1.82) is 0 Å². The molecule has 0 fully saturated rings. The molecule has 0 bridgehead atoms. The lowest BCUT2D eigenvalue weighted by Gasteiger charge is -2.15. The molecule has 0 saturated heterocycles. The smallest absolute Gasteiger partial charge is 0.306 e. The number of nitrogens with one attached hydrogen (secondary N) is 1. The van der Waals surface area contributed by atoms with E-state index in [1.54, 1.807) is 42.5 Å². The van der Waals surface area contributed by atoms with Crippen molar-refractivity contribution in [2.24, 2.45) is 0 Å². The highest BCUT2D eigenvalue weighted by atomic mass is 79.9. The molecular weight excluding hydrogens is 420 g/mol. The Morgan fingerprint density at radius 2 is 1.64 bits per heavy atom. The van der Waals surface area contributed by atoms with E-state index in [2.05, 4.69) is 21.2 Å². The number of benzene rings is 3. The zero-order valence-electron chi connectivity index (χ0n) is 14.7. The summed E-state index contributed by atoms with van der Waals surface area (Å²) in [5.41, 5.74) is 2.72. The fourth-order valence-corrected chi connectivity index (χ4v) is 3.34. The molecule has 0 aromatic heterocycles. The molecular formula is C22H15BrN2O3. The van der Waals surface area contributed by atoms with Crippen LogP contribution in [0.2, 0.25) is 0 Å². The summed E-state index contributed by atoms with van der Waals surface area (Å²) in [5, 5.41) is 3.27. The molecule has 3 aromatic rings. The second kappa shape index (κ2) is 7.40. The van der Waals surface area contributed by atoms with E-state index < -0.39 is 17.6 Å². The predicted octanol–water partition coefficient (Wildman–Crippen LogP) is 4.43. The molecule has 2 amide bonds. The van der Waals surface area contributed by atoms with E-state index in [4.69, 9.17) is 0 Å². The molecule has 0 unspecified atom stereocenters. The number of fused-ring (bicyclic) bond motifs is 1. The van der Waals surface area contributed by atoms with Gasteiger partial charge in [0, 0.05) is 22.3 Å². The van der Waals surface area contributed by atoms with Crippen molar-refractivity contribution in [2.75, 3.05) is 10.2 Å². The molecule has 0 spiro atoms. The quantitative estimate of drug-likeness (QED) is 0.487. The Hall–Kier alpha value is -3.25. The van der Waals surface area contributed by atoms with Crippen molar-refractivity contribution in [3.63, 3.8) is 0 Å². The number of imide groups is 1. The van der Waals surface area contributed by atoms with Crippen molar-refractivity contribution in [2.45, 2.75) is 6.54 Å². The van der Waals surface area contributed by atoms with E-state index in [0.29, 0.717) is 17.8 Å². The van der Waals surface area contributed by atoms with Gasteiger partial charge in [0.25, 0.3) is 11.7 Å². The highest BCUT2D eigenvalue weighted by Crippen LogP contribution is 2.31. The number of hydrogen-bond donors (Lipinski definition) is 1. The molecule has 0 aliphatic carbocycles. The van der Waals surface area contributed by atoms with Crippen LogP contribution in [0, 0.1) is 0 Å². The fraction of sp³-hybridized carbons (Fsp3) is 0.0455. The third-order valence-corrected chi connectivity index (χ3v) is 5.04. The summed E-state index contributed by atoms with van der Waals surface area (Å²) in [7, 11) is 0. The topological polar surface area (TPSA) is 66.5 Å². The molecule has 1 aliphatic rings. The molecule has 6 heteroatoms. The van der Waals surface area contributed by atoms with Crippen molar-refractivity contribution >= 4 is 44.9 Å². The molecule has 4 rings (SSSR count). The fourth-order valence-electron chi connectivity index (χ4n) is 3.08. The molecule has 1 N–H and O–H groups in total. The van der Waals surface area contributed by atoms with Crippen LogP contribution in [-0.4, -0.2) is 17.6 Å². The molecule has 1 aliphatic heterocycles. The maximum Gasteiger partial charge on any atom is 0.306 e. The van der Waals surface area contributed by atoms with E-state index in [9.17, 15) is 14.4 Å². The van der Waals surface area contributed by atoms with Gasteiger partial charge in [0.15, 0.2) is 0 Å². The number of amides is 2. The second-order valence-corrected chi connectivity index (χ2v) is 7.27. The first-order valence-corrected chi connectivity index (χ1v) is 9.44. The minimum atomic E-state index is -0.818. The normalized spacial score (nSPS) is 12.8. The first-order chi connectivity index (χ1) is 13.5. The molecule has 0 radical (unpaired) electrons. The monoisotopic (exact) mass is 434 g/mol. The number of anilines is 2. The lowest BCUT2D eigenvalue weighted by atomic mass is 10.1. The first-order valence-electron chi connectivity index (χ1n) is 8.65. The van der Waals surface area contributed by atoms with Crippen LogP contribution in [0.1, 0.15) is 26.3 Å². The van der Waals surface area contributed by atoms with Gasteiger partial charge < -0.3 is 5.32 Å². The largest absolute Gasteiger partial charge is 0.381 e. The van der Waals surface area contributed by atoms with Crippen LogP contribution in [0.25, 0.3) is 0 Å². The van der Waals surface area contributed by atoms with Crippen LogP contribution in [0.4, 0.5) is 11.4 Å². The number of halogens is 1. The molecule has 138 valence electrons. The standard InChI is InChI=1S/C22H15BrN2O3/c23-16-7-9-17(10-8-16)24-13-14-6-11-19-18(12-14)20(26)22(28)25(19)21(27)15-4-2-1-3-5-15/h1-12,24H,13H2. The van der Waals surface area contributed by atoms with Gasteiger partial charge in [-0.1, -0.05) is 40.2 Å². The zero-order valence-corrected chi connectivity index (χ0v) is 16.3. The van der Waals surface area contributed by atoms with Gasteiger partial charge in [-0.05, 0) is 54.1 Å². The van der Waals surface area contributed by atoms with E-state index in [1.165, 1.54) is 0 Å². The van der Waals surface area contributed by atoms with Crippen molar-refractivity contribution in [1.82, 2.24) is 0 Å². The lowest BCUT2D eigenvalue weighted by Crippen LogP contribution is -2.35. The molecule has 0 saturated carbocycles. The van der Waals surface area contributed by atoms with E-state index in [-0.39, 0.29) is 5.56 Å². The van der Waals surface area contributed by atoms with Crippen LogP contribution in [0.15, 0.2) is 77.3 Å². The number of hydrogen-bond acceptors (Lipinski definition) is 4. The summed E-state index contributed by atoms with van der Waals surface area (Å²) in [6.45, 7) is 0.489. The average Bonchev–Trinajstić information content (AvgIpc) is 2.98. The molecule has 0 atom stereocenters. The minimum absolute atomic E-state index is 0.254. The highest BCUT2D eigenvalue weighted by molar-refractivity contribution is 9.10. The van der Waals surface area contributed by atoms with Crippen LogP contribution < -0.4 is 10.2 Å². The maximum absolute atomic E-state index is 12.7. The van der Waals surface area contributed by atoms with Crippen LogP contribution in [-0.2, 0) is 11.3 Å². The van der Waals surface area contributed by atoms with Gasteiger partial charge in [0.1, 0.15) is 0 Å². The Morgan fingerprint density at radius 1 is 0.929 bits per heavy atom. The molecule has 28 heavy (non-hydrogen) atoms. The van der Waals surface area contributed by atoms with E-state index in [1.807, 2.05) is 30.3 Å². The highest BCUT2D eigenvalue weighted by Gasteiger charge is 2.40. The van der Waals surface area contributed by atoms with Gasteiger partial charge in [-0.2, -0.15) is 0 Å². The number of carbonyl (C=O) groups is 3. The van der Waals surface area contributed by atoms with Gasteiger partial charge in [0.2, 0.25) is 0 Å². The second-order valence-electron chi connectivity index (χ2n) is 6.35. The third kappa shape index (κ3) is 3.34. The molecule has 3 aromatic carbocycles. The number of Topliss-reactive ketones (excluding diaryl/α,β-unsaturated/α-hetero) is 1. The average molecular weight is 435 g/mol. The van der Waals surface area contributed by atoms with Gasteiger partial charge >= 0.3 is 5.91 Å². The summed E-state index contributed by atoms with van der Waals surface area (Å²) < 4.78 is 0.989. The lowest BCUT2D eigenvalue weighted by molar-refractivity contribution is -0.113. The maximum atomic E-state index is 12.7. The Bertz CT molecular complexity index is 1080. The zero-order chi connectivity index (χ0) is 19.7. The Labute approximate surface area is 170 Å². The van der Waals surface area contributed by atoms with Gasteiger partial charge in [-0.25, -0.2) is 4.90 Å². The number of nitrogens with zero attached hydrogens (tertiary/aromatic N) is 1. The third-order valence-electron chi connectivity index (χ3n) is 4.51. The Balaban J connectivity index is 1.58. The van der Waals surface area contributed by atoms with Crippen LogP contribution >= 0.6 is 15.9 Å². The number of carbonyl (C=O) groups excluding carboxylic acids is 3. The summed E-state index contributed by atoms with van der Waals surface area (Å²) in [6, 6.07) is 21.3. The molecule has 5 nitrogen and oxygen atoms in total. The van der Waals surface area contributed by atoms with Crippen molar-refractivity contribution < 1.29 is 14.4 Å².